The molecule has 0 N–H and O–H groups in total. The van der Waals surface area contributed by atoms with Gasteiger partial charge in [-0.3, -0.25) is 4.98 Å². The molecule has 0 amide bonds. The number of hydrogen-bond acceptors (Lipinski definition) is 8. The van der Waals surface area contributed by atoms with Crippen molar-refractivity contribution in [3.63, 3.8) is 0 Å². The number of carbonyl (C=O) groups excluding carboxylic acids is 1. The first-order valence-corrected chi connectivity index (χ1v) is 19.5. The van der Waals surface area contributed by atoms with Crippen LogP contribution in [0.3, 0.4) is 0 Å². The van der Waals surface area contributed by atoms with Gasteiger partial charge in [0, 0.05) is 48.3 Å². The first-order valence-electron chi connectivity index (χ1n) is 17.7. The molecule has 8 nitrogen and oxygen atoms in total. The van der Waals surface area contributed by atoms with Crippen LogP contribution in [0.2, 0.25) is 0 Å². The molecule has 2 aromatic carbocycles. The smallest absolute Gasteiger partial charge is 0.340 e. The molecule has 1 aromatic heterocycles. The van der Waals surface area contributed by atoms with Crippen LogP contribution in [0.25, 0.3) is 11.1 Å². The van der Waals surface area contributed by atoms with Gasteiger partial charge in [-0.1, -0.05) is 26.0 Å². The minimum absolute atomic E-state index is 0.0361. The number of ether oxygens (including phenoxy) is 3. The van der Waals surface area contributed by atoms with Crippen molar-refractivity contribution >= 4 is 21.5 Å². The zero-order valence-electron chi connectivity index (χ0n) is 31.3. The molecule has 0 radical (unpaired) electrons. The van der Waals surface area contributed by atoms with E-state index in [0.29, 0.717) is 18.4 Å². The molecule has 1 saturated heterocycles. The molecule has 0 aliphatic carbocycles. The van der Waals surface area contributed by atoms with Crippen molar-refractivity contribution in [3.05, 3.63) is 70.3 Å². The Labute approximate surface area is 297 Å². The highest BCUT2D eigenvalue weighted by Crippen LogP contribution is 2.46. The van der Waals surface area contributed by atoms with E-state index in [1.165, 1.54) is 12.1 Å². The molecule has 2 aliphatic rings. The Morgan fingerprint density at radius 1 is 1.08 bits per heavy atom. The summed E-state index contributed by atoms with van der Waals surface area (Å²) < 4.78 is 57.4. The number of aryl methyl sites for hydroxylation is 3. The second-order valence-corrected chi connectivity index (χ2v) is 18.0. The Balaban J connectivity index is 1.55. The maximum Gasteiger partial charge on any atom is 0.340 e. The molecule has 1 unspecified atom stereocenters. The monoisotopic (exact) mass is 708 g/mol. The number of sulfone groups is 1. The van der Waals surface area contributed by atoms with Crippen molar-refractivity contribution in [3.8, 4) is 16.9 Å². The Morgan fingerprint density at radius 3 is 2.36 bits per heavy atom. The third-order valence-corrected chi connectivity index (χ3v) is 10.7. The first kappa shape index (κ1) is 37.7. The number of hydrogen-bond donors (Lipinski definition) is 0. The Kier molecular flexibility index (Phi) is 10.8. The lowest BCUT2D eigenvalue weighted by Gasteiger charge is -2.41. The van der Waals surface area contributed by atoms with Gasteiger partial charge >= 0.3 is 5.97 Å². The van der Waals surface area contributed by atoms with Crippen LogP contribution in [0.15, 0.2) is 41.3 Å². The van der Waals surface area contributed by atoms with E-state index in [1.54, 1.807) is 0 Å². The molecule has 3 aromatic rings. The molecule has 50 heavy (non-hydrogen) atoms. The van der Waals surface area contributed by atoms with E-state index in [-0.39, 0.29) is 22.5 Å². The second kappa shape index (κ2) is 14.3. The van der Waals surface area contributed by atoms with Crippen LogP contribution in [0.5, 0.6) is 5.75 Å². The molecule has 5 rings (SSSR count). The van der Waals surface area contributed by atoms with Crippen LogP contribution < -0.4 is 9.64 Å². The van der Waals surface area contributed by atoms with Crippen molar-refractivity contribution in [1.29, 1.82) is 0 Å². The Hall–Kier alpha value is -3.50. The third-order valence-electron chi connectivity index (χ3n) is 9.59. The molecule has 0 spiro atoms. The average molecular weight is 709 g/mol. The van der Waals surface area contributed by atoms with Crippen LogP contribution in [-0.4, -0.2) is 56.5 Å². The largest absolute Gasteiger partial charge is 0.490 e. The van der Waals surface area contributed by atoms with Gasteiger partial charge < -0.3 is 19.1 Å². The van der Waals surface area contributed by atoms with Gasteiger partial charge in [0.1, 0.15) is 17.7 Å². The highest BCUT2D eigenvalue weighted by molar-refractivity contribution is 7.90. The van der Waals surface area contributed by atoms with E-state index >= 15 is 0 Å². The quantitative estimate of drug-likeness (QED) is 0.205. The summed E-state index contributed by atoms with van der Waals surface area (Å²) in [4.78, 5) is 21.2. The van der Waals surface area contributed by atoms with Gasteiger partial charge in [-0.2, -0.15) is 0 Å². The lowest BCUT2D eigenvalue weighted by atomic mass is 9.81. The van der Waals surface area contributed by atoms with Gasteiger partial charge in [0.25, 0.3) is 0 Å². The molecule has 0 saturated carbocycles. The lowest BCUT2D eigenvalue weighted by Crippen LogP contribution is -2.39. The van der Waals surface area contributed by atoms with Crippen molar-refractivity contribution in [2.75, 3.05) is 24.2 Å². The van der Waals surface area contributed by atoms with Gasteiger partial charge in [-0.05, 0) is 121 Å². The van der Waals surface area contributed by atoms with Gasteiger partial charge in [-0.15, -0.1) is 0 Å². The zero-order chi connectivity index (χ0) is 36.8. The number of aromatic nitrogens is 1. The number of piperidine rings is 1. The maximum atomic E-state index is 14.9. The summed E-state index contributed by atoms with van der Waals surface area (Å²) in [6, 6.07) is 10.2. The number of fused-ring (bicyclic) bond motifs is 1. The van der Waals surface area contributed by atoms with E-state index in [2.05, 4.69) is 24.8 Å². The molecule has 2 atom stereocenters. The minimum atomic E-state index is -3.50. The summed E-state index contributed by atoms with van der Waals surface area (Å²) in [7, 11) is -3.50. The highest BCUT2D eigenvalue weighted by Gasteiger charge is 2.38. The second-order valence-electron chi connectivity index (χ2n) is 16.0. The van der Waals surface area contributed by atoms with Crippen LogP contribution in [0.4, 0.5) is 10.1 Å². The standard InChI is InChI=1S/C40H53FN2O6S/c1-24(2)47-38(44)37(49-39(5,6)7)35-26(4)42-25(3)34(36(35)43-19-17-40(8,9)18-20-43)29-13-16-33-28(21-29)11-14-30(48-33)22-27-12-15-31(23-32(27)41)50(10,45)46/h12-13,15-16,21,23-24,30,37H,11,14,17-20,22H2,1-10H3/t30-,37?/m1/s1. The minimum Gasteiger partial charge on any atom is -0.490 e. The Morgan fingerprint density at radius 2 is 1.76 bits per heavy atom. The number of rotatable bonds is 9. The zero-order valence-corrected chi connectivity index (χ0v) is 32.1. The average Bonchev–Trinajstić information content (AvgIpc) is 2.99. The van der Waals surface area contributed by atoms with Crippen LogP contribution >= 0.6 is 0 Å². The van der Waals surface area contributed by atoms with Crippen molar-refractivity contribution in [1.82, 2.24) is 4.98 Å². The van der Waals surface area contributed by atoms with Gasteiger partial charge in [0.15, 0.2) is 15.9 Å². The fourth-order valence-electron chi connectivity index (χ4n) is 6.95. The topological polar surface area (TPSA) is 95.0 Å². The number of benzene rings is 2. The SMILES string of the molecule is Cc1nc(C)c(C(OC(C)(C)C)C(=O)OC(C)C)c(N2CCC(C)(C)CC2)c1-c1ccc2c(c1)CC[C@H](Cc1ccc(S(C)(=O)=O)cc1F)O2. The van der Waals surface area contributed by atoms with Crippen molar-refractivity contribution in [2.45, 2.75) is 123 Å². The highest BCUT2D eigenvalue weighted by atomic mass is 32.2. The fraction of sp³-hybridized carbons (Fsp3) is 0.550. The molecular weight excluding hydrogens is 656 g/mol. The fourth-order valence-corrected chi connectivity index (χ4v) is 7.59. The molecule has 1 fully saturated rings. The number of pyridine rings is 1. The molecular formula is C40H53FN2O6S. The van der Waals surface area contributed by atoms with Crippen LogP contribution in [-0.2, 0) is 36.9 Å². The normalized spacial score (nSPS) is 18.4. The summed E-state index contributed by atoms with van der Waals surface area (Å²) in [6.45, 7) is 19.7. The summed E-state index contributed by atoms with van der Waals surface area (Å²) >= 11 is 0. The van der Waals surface area contributed by atoms with E-state index in [9.17, 15) is 17.6 Å². The maximum absolute atomic E-state index is 14.9. The predicted octanol–water partition coefficient (Wildman–Crippen LogP) is 8.28. The molecule has 3 heterocycles. The number of esters is 1. The number of anilines is 1. The summed E-state index contributed by atoms with van der Waals surface area (Å²) in [5, 5.41) is 0. The van der Waals surface area contributed by atoms with Crippen LogP contribution in [0.1, 0.15) is 102 Å². The van der Waals surface area contributed by atoms with E-state index in [0.717, 1.165) is 89.8 Å². The Bertz CT molecular complexity index is 1850. The van der Waals surface area contributed by atoms with E-state index < -0.39 is 33.3 Å². The molecule has 272 valence electrons. The van der Waals surface area contributed by atoms with Crippen molar-refractivity contribution in [2.24, 2.45) is 5.41 Å². The lowest BCUT2D eigenvalue weighted by molar-refractivity contribution is -0.171. The summed E-state index contributed by atoms with van der Waals surface area (Å²) in [6.07, 6.45) is 3.29. The number of carbonyl (C=O) groups is 1. The van der Waals surface area contributed by atoms with Crippen LogP contribution in [0, 0.1) is 25.1 Å². The molecule has 10 heteroatoms. The van der Waals surface area contributed by atoms with Crippen molar-refractivity contribution < 1.29 is 31.8 Å². The van der Waals surface area contributed by atoms with Gasteiger partial charge in [-0.25, -0.2) is 17.6 Å². The summed E-state index contributed by atoms with van der Waals surface area (Å²) in [5.74, 6) is -0.234. The van der Waals surface area contributed by atoms with Gasteiger partial charge in [0.05, 0.1) is 22.3 Å². The first-order chi connectivity index (χ1) is 23.2. The van der Waals surface area contributed by atoms with E-state index in [1.807, 2.05) is 60.6 Å². The van der Waals surface area contributed by atoms with E-state index in [4.69, 9.17) is 19.2 Å². The number of nitrogens with zero attached hydrogens (tertiary/aromatic N) is 2. The molecule has 0 bridgehead atoms. The third kappa shape index (κ3) is 8.68. The summed E-state index contributed by atoms with van der Waals surface area (Å²) in [5.41, 5.74) is 6.29. The molecule has 2 aliphatic heterocycles. The predicted molar refractivity (Wildman–Crippen MR) is 195 cm³/mol. The number of halogens is 1. The van der Waals surface area contributed by atoms with Gasteiger partial charge in [0.2, 0.25) is 0 Å².